The molecular formula is C25H20F3N5O2. The van der Waals surface area contributed by atoms with E-state index in [1.807, 2.05) is 54.8 Å². The number of hydrogen-bond donors (Lipinski definition) is 1. The van der Waals surface area contributed by atoms with Crippen LogP contribution in [-0.2, 0) is 11.3 Å². The topological polar surface area (TPSA) is 73.3 Å². The van der Waals surface area contributed by atoms with E-state index < -0.39 is 30.9 Å². The molecule has 0 atom stereocenters. The molecule has 0 unspecified atom stereocenters. The molecule has 5 rings (SSSR count). The molecule has 7 nitrogen and oxygen atoms in total. The van der Waals surface area contributed by atoms with E-state index in [4.69, 9.17) is 0 Å². The van der Waals surface area contributed by atoms with Crippen molar-refractivity contribution in [3.63, 3.8) is 0 Å². The standard InChI is InChI=1S/C25H20F3N5O2/c1-16-12-17(18-13-30-32-11-5-4-6-20(18)32)9-10-19(16)33-22-8-3-2-7-21(22)31(24(33)35)14-23(34)29-15-25(26,27)28/h2-13H,14-15H2,1H3,(H,29,34). The predicted molar refractivity (Wildman–Crippen MR) is 126 cm³/mol. The number of pyridine rings is 1. The van der Waals surface area contributed by atoms with Gasteiger partial charge >= 0.3 is 11.9 Å². The summed E-state index contributed by atoms with van der Waals surface area (Å²) in [7, 11) is 0. The third-order valence-corrected chi connectivity index (χ3v) is 5.80. The second-order valence-electron chi connectivity index (χ2n) is 8.17. The molecule has 0 bridgehead atoms. The van der Waals surface area contributed by atoms with E-state index in [2.05, 4.69) is 5.10 Å². The molecule has 5 aromatic rings. The summed E-state index contributed by atoms with van der Waals surface area (Å²) in [4.78, 5) is 25.5. The molecule has 3 heterocycles. The van der Waals surface area contributed by atoms with E-state index in [1.165, 1.54) is 9.13 Å². The summed E-state index contributed by atoms with van der Waals surface area (Å²) >= 11 is 0. The van der Waals surface area contributed by atoms with Gasteiger partial charge in [0.2, 0.25) is 5.91 Å². The molecule has 3 aromatic heterocycles. The number of aromatic nitrogens is 4. The molecule has 0 fully saturated rings. The third-order valence-electron chi connectivity index (χ3n) is 5.80. The summed E-state index contributed by atoms with van der Waals surface area (Å²) in [6.45, 7) is -0.107. The summed E-state index contributed by atoms with van der Waals surface area (Å²) < 4.78 is 41.9. The number of alkyl halides is 3. The third kappa shape index (κ3) is 4.18. The summed E-state index contributed by atoms with van der Waals surface area (Å²) in [6, 6.07) is 18.3. The van der Waals surface area contributed by atoms with Crippen LogP contribution in [0, 0.1) is 6.92 Å². The Kier molecular flexibility index (Phi) is 5.43. The SMILES string of the molecule is Cc1cc(-c2cnn3ccccc23)ccc1-n1c(=O)n(CC(=O)NCC(F)(F)F)c2ccccc21. The average Bonchev–Trinajstić information content (AvgIpc) is 3.37. The molecule has 0 spiro atoms. The molecule has 10 heteroatoms. The first-order valence-corrected chi connectivity index (χ1v) is 10.8. The van der Waals surface area contributed by atoms with Crippen molar-refractivity contribution in [1.82, 2.24) is 24.1 Å². The van der Waals surface area contributed by atoms with Gasteiger partial charge in [0.05, 0.1) is 28.4 Å². The van der Waals surface area contributed by atoms with Gasteiger partial charge in [-0.3, -0.25) is 13.9 Å². The average molecular weight is 479 g/mol. The van der Waals surface area contributed by atoms with Gasteiger partial charge in [0.15, 0.2) is 0 Å². The maximum absolute atomic E-state index is 13.4. The first-order chi connectivity index (χ1) is 16.7. The van der Waals surface area contributed by atoms with Gasteiger partial charge in [-0.25, -0.2) is 9.31 Å². The van der Waals surface area contributed by atoms with Gasteiger partial charge in [-0.2, -0.15) is 18.3 Å². The van der Waals surface area contributed by atoms with Crippen LogP contribution in [0.5, 0.6) is 0 Å². The summed E-state index contributed by atoms with van der Waals surface area (Å²) in [5.74, 6) is -0.896. The van der Waals surface area contributed by atoms with Crippen LogP contribution in [0.1, 0.15) is 5.56 Å². The predicted octanol–water partition coefficient (Wildman–Crippen LogP) is 4.09. The van der Waals surface area contributed by atoms with Crippen LogP contribution in [0.3, 0.4) is 0 Å². The van der Waals surface area contributed by atoms with Gasteiger partial charge in [-0.05, 0) is 54.4 Å². The second-order valence-corrected chi connectivity index (χ2v) is 8.17. The first kappa shape index (κ1) is 22.5. The lowest BCUT2D eigenvalue weighted by Crippen LogP contribution is -2.38. The molecule has 0 aliphatic rings. The summed E-state index contributed by atoms with van der Waals surface area (Å²) in [5, 5.41) is 6.19. The van der Waals surface area contributed by atoms with Crippen molar-refractivity contribution in [3.05, 3.63) is 89.1 Å². The van der Waals surface area contributed by atoms with Gasteiger partial charge in [0.1, 0.15) is 13.1 Å². The molecule has 0 saturated heterocycles. The molecule has 0 aliphatic carbocycles. The van der Waals surface area contributed by atoms with Crippen molar-refractivity contribution in [2.75, 3.05) is 6.54 Å². The zero-order chi connectivity index (χ0) is 24.7. The molecule has 35 heavy (non-hydrogen) atoms. The van der Waals surface area contributed by atoms with Crippen molar-refractivity contribution in [1.29, 1.82) is 0 Å². The Morgan fingerprint density at radius 1 is 1.00 bits per heavy atom. The van der Waals surface area contributed by atoms with E-state index >= 15 is 0 Å². The largest absolute Gasteiger partial charge is 0.405 e. The van der Waals surface area contributed by atoms with Crippen LogP contribution < -0.4 is 11.0 Å². The number of nitrogens with zero attached hydrogens (tertiary/aromatic N) is 4. The quantitative estimate of drug-likeness (QED) is 0.413. The molecule has 0 radical (unpaired) electrons. The maximum Gasteiger partial charge on any atom is 0.405 e. The van der Waals surface area contributed by atoms with Gasteiger partial charge in [0.25, 0.3) is 0 Å². The number of carbonyl (C=O) groups is 1. The zero-order valence-corrected chi connectivity index (χ0v) is 18.6. The highest BCUT2D eigenvalue weighted by Crippen LogP contribution is 2.28. The van der Waals surface area contributed by atoms with Crippen LogP contribution in [0.25, 0.3) is 33.4 Å². The van der Waals surface area contributed by atoms with Crippen molar-refractivity contribution in [3.8, 4) is 16.8 Å². The number of hydrogen-bond acceptors (Lipinski definition) is 3. The minimum atomic E-state index is -4.53. The van der Waals surface area contributed by atoms with Gasteiger partial charge in [0, 0.05) is 11.8 Å². The van der Waals surface area contributed by atoms with E-state index in [1.54, 1.807) is 35.0 Å². The molecule has 2 aromatic carbocycles. The zero-order valence-electron chi connectivity index (χ0n) is 18.6. The minimum Gasteiger partial charge on any atom is -0.345 e. The monoisotopic (exact) mass is 479 g/mol. The fourth-order valence-corrected chi connectivity index (χ4v) is 4.22. The fraction of sp³-hybridized carbons (Fsp3) is 0.160. The highest BCUT2D eigenvalue weighted by Gasteiger charge is 2.28. The minimum absolute atomic E-state index is 0.450. The molecule has 178 valence electrons. The molecule has 0 saturated carbocycles. The smallest absolute Gasteiger partial charge is 0.345 e. The molecule has 0 aliphatic heterocycles. The number of benzene rings is 2. The maximum atomic E-state index is 13.4. The van der Waals surface area contributed by atoms with Crippen molar-refractivity contribution < 1.29 is 18.0 Å². The van der Waals surface area contributed by atoms with Crippen LogP contribution in [-0.4, -0.2) is 37.4 Å². The number of amides is 1. The Balaban J connectivity index is 1.56. The summed E-state index contributed by atoms with van der Waals surface area (Å²) in [5.41, 5.74) is 4.72. The van der Waals surface area contributed by atoms with E-state index in [-0.39, 0.29) is 0 Å². The number of para-hydroxylation sites is 2. The number of nitrogens with one attached hydrogen (secondary N) is 1. The lowest BCUT2D eigenvalue weighted by atomic mass is 10.0. The van der Waals surface area contributed by atoms with Crippen LogP contribution >= 0.6 is 0 Å². The lowest BCUT2D eigenvalue weighted by molar-refractivity contribution is -0.138. The number of aryl methyl sites for hydroxylation is 1. The van der Waals surface area contributed by atoms with Gasteiger partial charge in [-0.1, -0.05) is 24.3 Å². The fourth-order valence-electron chi connectivity index (χ4n) is 4.22. The van der Waals surface area contributed by atoms with E-state index in [0.29, 0.717) is 16.7 Å². The molecule has 1 N–H and O–H groups in total. The lowest BCUT2D eigenvalue weighted by Gasteiger charge is -2.10. The van der Waals surface area contributed by atoms with Crippen molar-refractivity contribution in [2.45, 2.75) is 19.6 Å². The van der Waals surface area contributed by atoms with Gasteiger partial charge in [-0.15, -0.1) is 0 Å². The van der Waals surface area contributed by atoms with Crippen molar-refractivity contribution in [2.24, 2.45) is 0 Å². The highest BCUT2D eigenvalue weighted by molar-refractivity contribution is 5.84. The second kappa shape index (κ2) is 8.46. The Morgan fingerprint density at radius 3 is 2.46 bits per heavy atom. The molecular weight excluding hydrogens is 459 g/mol. The van der Waals surface area contributed by atoms with Crippen molar-refractivity contribution >= 4 is 22.5 Å². The Morgan fingerprint density at radius 2 is 1.71 bits per heavy atom. The Labute approximate surface area is 197 Å². The molecule has 1 amide bonds. The number of imidazole rings is 1. The number of fused-ring (bicyclic) bond motifs is 2. The van der Waals surface area contributed by atoms with E-state index in [9.17, 15) is 22.8 Å². The normalized spacial score (nSPS) is 11.9. The highest BCUT2D eigenvalue weighted by atomic mass is 19.4. The van der Waals surface area contributed by atoms with Gasteiger partial charge < -0.3 is 5.32 Å². The van der Waals surface area contributed by atoms with Crippen LogP contribution in [0.15, 0.2) is 77.9 Å². The van der Waals surface area contributed by atoms with E-state index in [0.717, 1.165) is 22.2 Å². The Hall–Kier alpha value is -4.34. The summed E-state index contributed by atoms with van der Waals surface area (Å²) in [6.07, 6.45) is -0.894. The number of halogens is 3. The Bertz CT molecular complexity index is 1630. The first-order valence-electron chi connectivity index (χ1n) is 10.8. The van der Waals surface area contributed by atoms with Crippen LogP contribution in [0.4, 0.5) is 13.2 Å². The number of rotatable bonds is 5. The number of carbonyl (C=O) groups excluding carboxylic acids is 1. The van der Waals surface area contributed by atoms with Crippen LogP contribution in [0.2, 0.25) is 0 Å².